The van der Waals surface area contributed by atoms with Gasteiger partial charge in [0.25, 0.3) is 0 Å². The fourth-order valence-electron chi connectivity index (χ4n) is 3.38. The molecule has 0 saturated carbocycles. The molecule has 1 unspecified atom stereocenters. The predicted molar refractivity (Wildman–Crippen MR) is 93.7 cm³/mol. The van der Waals surface area contributed by atoms with Crippen LogP contribution in [0.4, 0.5) is 5.82 Å². The van der Waals surface area contributed by atoms with E-state index in [1.807, 2.05) is 30.0 Å². The summed E-state index contributed by atoms with van der Waals surface area (Å²) in [5.74, 6) is 0.567. The number of aromatic amines is 1. The number of anilines is 1. The van der Waals surface area contributed by atoms with Gasteiger partial charge in [-0.25, -0.2) is 9.67 Å². The SMILES string of the molecule is Cc1cc(N)n(CC(=O)N2Cc3[nH]cnc3C(c3ccccc3)C2)n1. The molecule has 25 heavy (non-hydrogen) atoms. The average molecular weight is 336 g/mol. The monoisotopic (exact) mass is 336 g/mol. The van der Waals surface area contributed by atoms with E-state index in [1.54, 1.807) is 17.1 Å². The van der Waals surface area contributed by atoms with Gasteiger partial charge in [-0.1, -0.05) is 30.3 Å². The number of benzene rings is 1. The summed E-state index contributed by atoms with van der Waals surface area (Å²) in [6.07, 6.45) is 1.70. The van der Waals surface area contributed by atoms with Gasteiger partial charge >= 0.3 is 0 Å². The molecule has 0 fully saturated rings. The van der Waals surface area contributed by atoms with Gasteiger partial charge in [-0.2, -0.15) is 5.10 Å². The zero-order valence-corrected chi connectivity index (χ0v) is 14.0. The summed E-state index contributed by atoms with van der Waals surface area (Å²) in [7, 11) is 0. The largest absolute Gasteiger partial charge is 0.384 e. The maximum Gasteiger partial charge on any atom is 0.244 e. The number of carbonyl (C=O) groups excluding carboxylic acids is 1. The zero-order valence-electron chi connectivity index (χ0n) is 14.0. The molecule has 3 N–H and O–H groups in total. The minimum absolute atomic E-state index is 0.00372. The third kappa shape index (κ3) is 2.88. The highest BCUT2D eigenvalue weighted by Gasteiger charge is 2.31. The number of carbonyl (C=O) groups is 1. The number of H-pyrrole nitrogens is 1. The van der Waals surface area contributed by atoms with Crippen molar-refractivity contribution in [3.05, 3.63) is 65.4 Å². The van der Waals surface area contributed by atoms with Gasteiger partial charge in [0.1, 0.15) is 12.4 Å². The molecule has 1 atom stereocenters. The molecule has 0 saturated heterocycles. The van der Waals surface area contributed by atoms with E-state index < -0.39 is 0 Å². The van der Waals surface area contributed by atoms with Crippen LogP contribution in [0.3, 0.4) is 0 Å². The molecule has 4 rings (SSSR count). The molecule has 2 aromatic heterocycles. The minimum Gasteiger partial charge on any atom is -0.384 e. The van der Waals surface area contributed by atoms with E-state index in [9.17, 15) is 4.79 Å². The van der Waals surface area contributed by atoms with Crippen LogP contribution in [0.2, 0.25) is 0 Å². The van der Waals surface area contributed by atoms with Crippen LogP contribution >= 0.6 is 0 Å². The number of nitrogen functional groups attached to an aromatic ring is 1. The highest BCUT2D eigenvalue weighted by atomic mass is 16.2. The second-order valence-electron chi connectivity index (χ2n) is 6.37. The fourth-order valence-corrected chi connectivity index (χ4v) is 3.38. The van der Waals surface area contributed by atoms with Crippen LogP contribution in [0.5, 0.6) is 0 Å². The van der Waals surface area contributed by atoms with Crippen LogP contribution in [0.1, 0.15) is 28.6 Å². The zero-order chi connectivity index (χ0) is 17.4. The summed E-state index contributed by atoms with van der Waals surface area (Å²) in [6, 6.07) is 11.9. The summed E-state index contributed by atoms with van der Waals surface area (Å²) in [4.78, 5) is 22.3. The second kappa shape index (κ2) is 6.08. The number of hydrogen-bond acceptors (Lipinski definition) is 4. The molecule has 0 spiro atoms. The van der Waals surface area contributed by atoms with Crippen molar-refractivity contribution in [1.29, 1.82) is 0 Å². The molecular weight excluding hydrogens is 316 g/mol. The Hall–Kier alpha value is -3.09. The Bertz CT molecular complexity index is 897. The summed E-state index contributed by atoms with van der Waals surface area (Å²) >= 11 is 0. The van der Waals surface area contributed by atoms with E-state index >= 15 is 0 Å². The Morgan fingerprint density at radius 3 is 2.88 bits per heavy atom. The highest BCUT2D eigenvalue weighted by molar-refractivity contribution is 5.77. The molecule has 1 amide bonds. The Kier molecular flexibility index (Phi) is 3.76. The second-order valence-corrected chi connectivity index (χ2v) is 6.37. The third-order valence-corrected chi connectivity index (χ3v) is 4.61. The van der Waals surface area contributed by atoms with Crippen molar-refractivity contribution in [3.8, 4) is 0 Å². The molecule has 0 aliphatic carbocycles. The van der Waals surface area contributed by atoms with Crippen LogP contribution in [0.15, 0.2) is 42.7 Å². The van der Waals surface area contributed by atoms with E-state index in [4.69, 9.17) is 5.73 Å². The summed E-state index contributed by atoms with van der Waals surface area (Å²) in [5, 5.41) is 4.28. The van der Waals surface area contributed by atoms with Gasteiger partial charge in [-0.3, -0.25) is 4.79 Å². The van der Waals surface area contributed by atoms with Crippen LogP contribution < -0.4 is 5.73 Å². The van der Waals surface area contributed by atoms with Gasteiger partial charge in [0.05, 0.1) is 30.0 Å². The Morgan fingerprint density at radius 1 is 1.36 bits per heavy atom. The standard InChI is InChI=1S/C18H20N6O/c1-12-7-16(19)24(22-12)10-17(25)23-8-14(13-5-3-2-4-6-13)18-15(9-23)20-11-21-18/h2-7,11,14H,8-10,19H2,1H3,(H,20,21). The minimum atomic E-state index is -0.00372. The summed E-state index contributed by atoms with van der Waals surface area (Å²) < 4.78 is 1.55. The molecule has 3 heterocycles. The van der Waals surface area contributed by atoms with Gasteiger partial charge in [-0.15, -0.1) is 0 Å². The number of aromatic nitrogens is 4. The molecule has 7 heteroatoms. The molecule has 1 aromatic carbocycles. The normalized spacial score (nSPS) is 16.7. The van der Waals surface area contributed by atoms with Gasteiger partial charge in [-0.05, 0) is 12.5 Å². The highest BCUT2D eigenvalue weighted by Crippen LogP contribution is 2.31. The van der Waals surface area contributed by atoms with Crippen LogP contribution in [0.25, 0.3) is 0 Å². The first-order chi connectivity index (χ1) is 12.1. The van der Waals surface area contributed by atoms with Crippen molar-refractivity contribution < 1.29 is 4.79 Å². The smallest absolute Gasteiger partial charge is 0.244 e. The average Bonchev–Trinajstić information content (AvgIpc) is 3.20. The van der Waals surface area contributed by atoms with Gasteiger partial charge in [0.2, 0.25) is 5.91 Å². The quantitative estimate of drug-likeness (QED) is 0.761. The lowest BCUT2D eigenvalue weighted by molar-refractivity contribution is -0.133. The molecule has 3 aromatic rings. The van der Waals surface area contributed by atoms with Crippen LogP contribution in [0, 0.1) is 6.92 Å². The maximum absolute atomic E-state index is 12.8. The van der Waals surface area contributed by atoms with Crippen molar-refractivity contribution in [1.82, 2.24) is 24.6 Å². The van der Waals surface area contributed by atoms with Crippen LogP contribution in [-0.2, 0) is 17.9 Å². The topological polar surface area (TPSA) is 92.8 Å². The molecule has 0 bridgehead atoms. The summed E-state index contributed by atoms with van der Waals surface area (Å²) in [6.45, 7) is 3.13. The first kappa shape index (κ1) is 15.4. The Labute approximate surface area is 145 Å². The molecule has 1 aliphatic heterocycles. The van der Waals surface area contributed by atoms with E-state index in [0.29, 0.717) is 18.9 Å². The number of nitrogens with zero attached hydrogens (tertiary/aromatic N) is 4. The number of aryl methyl sites for hydroxylation is 1. The molecule has 7 nitrogen and oxygen atoms in total. The van der Waals surface area contributed by atoms with Crippen molar-refractivity contribution in [3.63, 3.8) is 0 Å². The van der Waals surface area contributed by atoms with Crippen molar-refractivity contribution in [2.45, 2.75) is 25.9 Å². The number of imidazole rings is 1. The van der Waals surface area contributed by atoms with Crippen LogP contribution in [-0.4, -0.2) is 37.1 Å². The fraction of sp³-hybridized carbons (Fsp3) is 0.278. The Morgan fingerprint density at radius 2 is 2.16 bits per heavy atom. The number of amides is 1. The maximum atomic E-state index is 12.8. The molecule has 0 radical (unpaired) electrons. The molecule has 1 aliphatic rings. The van der Waals surface area contributed by atoms with Gasteiger partial charge in [0, 0.05) is 18.5 Å². The van der Waals surface area contributed by atoms with Gasteiger partial charge in [0.15, 0.2) is 0 Å². The van der Waals surface area contributed by atoms with Gasteiger partial charge < -0.3 is 15.6 Å². The number of nitrogens with two attached hydrogens (primary N) is 1. The number of rotatable bonds is 3. The van der Waals surface area contributed by atoms with E-state index in [-0.39, 0.29) is 18.4 Å². The lowest BCUT2D eigenvalue weighted by atomic mass is 9.91. The van der Waals surface area contributed by atoms with Crippen molar-refractivity contribution >= 4 is 11.7 Å². The number of hydrogen-bond donors (Lipinski definition) is 2. The number of fused-ring (bicyclic) bond motifs is 1. The molecule has 128 valence electrons. The number of nitrogens with one attached hydrogen (secondary N) is 1. The van der Waals surface area contributed by atoms with E-state index in [1.165, 1.54) is 0 Å². The first-order valence-electron chi connectivity index (χ1n) is 8.26. The predicted octanol–water partition coefficient (Wildman–Crippen LogP) is 1.67. The van der Waals surface area contributed by atoms with E-state index in [0.717, 1.165) is 22.6 Å². The summed E-state index contributed by atoms with van der Waals surface area (Å²) in [5.41, 5.74) is 9.88. The Balaban J connectivity index is 1.59. The van der Waals surface area contributed by atoms with Crippen molar-refractivity contribution in [2.24, 2.45) is 0 Å². The van der Waals surface area contributed by atoms with Crippen molar-refractivity contribution in [2.75, 3.05) is 12.3 Å². The first-order valence-corrected chi connectivity index (χ1v) is 8.26. The molecular formula is C18H20N6O. The third-order valence-electron chi connectivity index (χ3n) is 4.61. The van der Waals surface area contributed by atoms with E-state index in [2.05, 4.69) is 27.2 Å². The lowest BCUT2D eigenvalue weighted by Crippen LogP contribution is -2.40. The lowest BCUT2D eigenvalue weighted by Gasteiger charge is -2.32.